The number of rotatable bonds is 11. The van der Waals surface area contributed by atoms with Crippen LogP contribution in [-0.2, 0) is 11.2 Å². The largest absolute Gasteiger partial charge is 0.497 e. The molecule has 2 aromatic carbocycles. The second-order valence-electron chi connectivity index (χ2n) is 6.41. The maximum Gasteiger partial charge on any atom is 0.311 e. The zero-order chi connectivity index (χ0) is 19.6. The first-order valence-electron chi connectivity index (χ1n) is 9.25. The number of hydrogen-bond acceptors (Lipinski definition) is 4. The number of carboxylic acids is 1. The molecule has 1 atom stereocenters. The van der Waals surface area contributed by atoms with Gasteiger partial charge >= 0.3 is 5.97 Å². The maximum atomic E-state index is 11.8. The molecule has 2 rings (SSSR count). The lowest BCUT2D eigenvalue weighted by Crippen LogP contribution is -2.14. The number of unbranched alkanes of at least 4 members (excludes halogenated alkanes) is 2. The molecule has 146 valence electrons. The normalized spacial score (nSPS) is 11.7. The van der Waals surface area contributed by atoms with Crippen molar-refractivity contribution in [3.8, 4) is 17.2 Å². The van der Waals surface area contributed by atoms with Crippen molar-refractivity contribution in [2.45, 2.75) is 38.5 Å². The summed E-state index contributed by atoms with van der Waals surface area (Å²) in [6.45, 7) is 2.80. The quantitative estimate of drug-likeness (QED) is 0.580. The lowest BCUT2D eigenvalue weighted by molar-refractivity contribution is -0.138. The van der Waals surface area contributed by atoms with E-state index in [-0.39, 0.29) is 0 Å². The molecule has 5 nitrogen and oxygen atoms in total. The van der Waals surface area contributed by atoms with Crippen molar-refractivity contribution < 1.29 is 24.1 Å². The van der Waals surface area contributed by atoms with Crippen molar-refractivity contribution in [1.29, 1.82) is 0 Å². The number of ether oxygens (including phenoxy) is 3. The fourth-order valence-electron chi connectivity index (χ4n) is 2.91. The highest BCUT2D eigenvalue weighted by Gasteiger charge is 2.21. The molecule has 0 amide bonds. The summed E-state index contributed by atoms with van der Waals surface area (Å²) >= 11 is 0. The molecule has 2 aromatic rings. The number of hydrogen-bond donors (Lipinski definition) is 1. The Kier molecular flexibility index (Phi) is 7.99. The Labute approximate surface area is 160 Å². The monoisotopic (exact) mass is 372 g/mol. The second-order valence-corrected chi connectivity index (χ2v) is 6.41. The average molecular weight is 372 g/mol. The lowest BCUT2D eigenvalue weighted by Gasteiger charge is -2.16. The maximum absolute atomic E-state index is 11.8. The summed E-state index contributed by atoms with van der Waals surface area (Å²) in [6.07, 6.45) is 3.64. The van der Waals surface area contributed by atoms with Gasteiger partial charge in [0.2, 0.25) is 0 Å². The molecule has 0 aliphatic heterocycles. The highest BCUT2D eigenvalue weighted by molar-refractivity contribution is 5.76. The van der Waals surface area contributed by atoms with Crippen LogP contribution in [0, 0.1) is 0 Å². The van der Waals surface area contributed by atoms with Gasteiger partial charge in [-0.3, -0.25) is 4.79 Å². The Hall–Kier alpha value is -2.69. The summed E-state index contributed by atoms with van der Waals surface area (Å²) in [5.74, 6) is 0.515. The first kappa shape index (κ1) is 20.6. The number of aliphatic carboxylic acids is 1. The molecular formula is C22H28O5. The predicted molar refractivity (Wildman–Crippen MR) is 105 cm³/mol. The predicted octanol–water partition coefficient (Wildman–Crippen LogP) is 4.68. The third kappa shape index (κ3) is 5.91. The standard InChI is InChI=1S/C22H28O5/c1-4-5-6-13-27-20-12-7-16(15-21(20)26-3)14-19(22(23)24)17-8-10-18(25-2)11-9-17/h7-12,15,19H,4-6,13-14H2,1-3H3,(H,23,24). The van der Waals surface area contributed by atoms with E-state index in [0.717, 1.165) is 30.4 Å². The van der Waals surface area contributed by atoms with Gasteiger partial charge in [0.15, 0.2) is 11.5 Å². The minimum atomic E-state index is -0.862. The van der Waals surface area contributed by atoms with E-state index in [2.05, 4.69) is 6.92 Å². The second kappa shape index (κ2) is 10.5. The molecule has 0 heterocycles. The minimum Gasteiger partial charge on any atom is -0.497 e. The van der Waals surface area contributed by atoms with Crippen molar-refractivity contribution in [3.05, 3.63) is 53.6 Å². The van der Waals surface area contributed by atoms with Crippen LogP contribution in [0.2, 0.25) is 0 Å². The van der Waals surface area contributed by atoms with Gasteiger partial charge in [-0.2, -0.15) is 0 Å². The van der Waals surface area contributed by atoms with Crippen LogP contribution in [0.3, 0.4) is 0 Å². The van der Waals surface area contributed by atoms with E-state index in [1.165, 1.54) is 0 Å². The van der Waals surface area contributed by atoms with E-state index in [1.807, 2.05) is 18.2 Å². The molecule has 0 bridgehead atoms. The SMILES string of the molecule is CCCCCOc1ccc(CC(C(=O)O)c2ccc(OC)cc2)cc1OC. The van der Waals surface area contributed by atoms with Crippen molar-refractivity contribution >= 4 is 5.97 Å². The van der Waals surface area contributed by atoms with Gasteiger partial charge in [0, 0.05) is 0 Å². The fraction of sp³-hybridized carbons (Fsp3) is 0.409. The molecule has 0 aromatic heterocycles. The fourth-order valence-corrected chi connectivity index (χ4v) is 2.91. The summed E-state index contributed by atoms with van der Waals surface area (Å²) in [5.41, 5.74) is 1.62. The van der Waals surface area contributed by atoms with Gasteiger partial charge in [-0.05, 0) is 48.2 Å². The Bertz CT molecular complexity index is 724. The van der Waals surface area contributed by atoms with Crippen molar-refractivity contribution in [1.82, 2.24) is 0 Å². The van der Waals surface area contributed by atoms with Gasteiger partial charge in [-0.15, -0.1) is 0 Å². The molecule has 0 aliphatic carbocycles. The first-order chi connectivity index (χ1) is 13.1. The lowest BCUT2D eigenvalue weighted by atomic mass is 9.92. The zero-order valence-electron chi connectivity index (χ0n) is 16.2. The van der Waals surface area contributed by atoms with Crippen LogP contribution in [0.25, 0.3) is 0 Å². The first-order valence-corrected chi connectivity index (χ1v) is 9.25. The Morgan fingerprint density at radius 3 is 2.33 bits per heavy atom. The summed E-state index contributed by atoms with van der Waals surface area (Å²) < 4.78 is 16.4. The summed E-state index contributed by atoms with van der Waals surface area (Å²) in [5, 5.41) is 9.68. The summed E-state index contributed by atoms with van der Waals surface area (Å²) in [4.78, 5) is 11.8. The Balaban J connectivity index is 2.13. The van der Waals surface area contributed by atoms with Gasteiger partial charge in [0.1, 0.15) is 5.75 Å². The van der Waals surface area contributed by atoms with E-state index in [1.54, 1.807) is 38.5 Å². The van der Waals surface area contributed by atoms with Gasteiger partial charge < -0.3 is 19.3 Å². The van der Waals surface area contributed by atoms with E-state index < -0.39 is 11.9 Å². The summed E-state index contributed by atoms with van der Waals surface area (Å²) in [7, 11) is 3.18. The summed E-state index contributed by atoms with van der Waals surface area (Å²) in [6, 6.07) is 12.7. The Morgan fingerprint density at radius 1 is 1.00 bits per heavy atom. The van der Waals surface area contributed by atoms with E-state index in [9.17, 15) is 9.90 Å². The number of methoxy groups -OCH3 is 2. The molecule has 0 saturated heterocycles. The zero-order valence-corrected chi connectivity index (χ0v) is 16.2. The molecule has 27 heavy (non-hydrogen) atoms. The number of benzene rings is 2. The van der Waals surface area contributed by atoms with Crippen molar-refractivity contribution in [2.24, 2.45) is 0 Å². The molecule has 0 spiro atoms. The van der Waals surface area contributed by atoms with Crippen LogP contribution in [0.4, 0.5) is 0 Å². The molecule has 1 unspecified atom stereocenters. The van der Waals surface area contributed by atoms with Gasteiger partial charge in [0.05, 0.1) is 26.7 Å². The molecule has 0 radical (unpaired) electrons. The molecule has 0 aliphatic rings. The van der Waals surface area contributed by atoms with Crippen LogP contribution in [0.1, 0.15) is 43.2 Å². The van der Waals surface area contributed by atoms with E-state index >= 15 is 0 Å². The van der Waals surface area contributed by atoms with Crippen molar-refractivity contribution in [2.75, 3.05) is 20.8 Å². The van der Waals surface area contributed by atoms with Crippen LogP contribution >= 0.6 is 0 Å². The molecule has 1 N–H and O–H groups in total. The van der Waals surface area contributed by atoms with Gasteiger partial charge in [-0.25, -0.2) is 0 Å². The molecule has 5 heteroatoms. The third-order valence-corrected chi connectivity index (χ3v) is 4.49. The molecular weight excluding hydrogens is 344 g/mol. The van der Waals surface area contributed by atoms with Crippen LogP contribution < -0.4 is 14.2 Å². The van der Waals surface area contributed by atoms with Gasteiger partial charge in [-0.1, -0.05) is 38.0 Å². The Morgan fingerprint density at radius 2 is 1.74 bits per heavy atom. The minimum absolute atomic E-state index is 0.369. The van der Waals surface area contributed by atoms with Crippen LogP contribution in [-0.4, -0.2) is 31.9 Å². The highest BCUT2D eigenvalue weighted by atomic mass is 16.5. The van der Waals surface area contributed by atoms with E-state index in [0.29, 0.717) is 30.3 Å². The van der Waals surface area contributed by atoms with Crippen LogP contribution in [0.15, 0.2) is 42.5 Å². The third-order valence-electron chi connectivity index (χ3n) is 4.49. The molecule has 0 saturated carbocycles. The van der Waals surface area contributed by atoms with Crippen molar-refractivity contribution in [3.63, 3.8) is 0 Å². The average Bonchev–Trinajstić information content (AvgIpc) is 2.69. The smallest absolute Gasteiger partial charge is 0.311 e. The van der Waals surface area contributed by atoms with Crippen LogP contribution in [0.5, 0.6) is 17.2 Å². The van der Waals surface area contributed by atoms with E-state index in [4.69, 9.17) is 14.2 Å². The number of carboxylic acid groups (broad SMARTS) is 1. The highest BCUT2D eigenvalue weighted by Crippen LogP contribution is 2.31. The number of carbonyl (C=O) groups is 1. The topological polar surface area (TPSA) is 65.0 Å². The van der Waals surface area contributed by atoms with Gasteiger partial charge in [0.25, 0.3) is 0 Å². The molecule has 0 fully saturated rings.